The topological polar surface area (TPSA) is 77.0 Å². The van der Waals surface area contributed by atoms with Crippen LogP contribution in [0.25, 0.3) is 0 Å². The van der Waals surface area contributed by atoms with Gasteiger partial charge in [0.15, 0.2) is 11.6 Å². The van der Waals surface area contributed by atoms with Crippen molar-refractivity contribution in [3.63, 3.8) is 0 Å². The fourth-order valence-electron chi connectivity index (χ4n) is 4.77. The summed E-state index contributed by atoms with van der Waals surface area (Å²) in [5.74, 6) is -0.928. The van der Waals surface area contributed by atoms with E-state index in [-0.39, 0.29) is 24.3 Å². The Morgan fingerprint density at radius 2 is 1.97 bits per heavy atom. The Kier molecular flexibility index (Phi) is 5.81. The summed E-state index contributed by atoms with van der Waals surface area (Å²) in [5, 5.41) is 8.60. The van der Waals surface area contributed by atoms with E-state index in [0.717, 1.165) is 43.4 Å². The third-order valence-corrected chi connectivity index (χ3v) is 6.28. The number of hydrogen-bond donors (Lipinski definition) is 1. The zero-order valence-electron chi connectivity index (χ0n) is 17.0. The molecule has 2 aliphatic heterocycles. The molecule has 2 N–H and O–H groups in total. The van der Waals surface area contributed by atoms with Gasteiger partial charge in [-0.05, 0) is 36.8 Å². The highest BCUT2D eigenvalue weighted by Gasteiger charge is 2.37. The SMILES string of the molecule is CCc1nnc2n1[C@@H]1CCN(C(=O)C[C@H](N)Cc3cc(F)c(F)cc3F)C[C@H]1CC2. The van der Waals surface area contributed by atoms with Crippen LogP contribution in [0.3, 0.4) is 0 Å². The molecule has 3 atom stereocenters. The van der Waals surface area contributed by atoms with E-state index in [9.17, 15) is 18.0 Å². The van der Waals surface area contributed by atoms with Gasteiger partial charge in [-0.3, -0.25) is 4.79 Å². The van der Waals surface area contributed by atoms with E-state index in [1.54, 1.807) is 0 Å². The number of likely N-dealkylation sites (tertiary alicyclic amines) is 1. The largest absolute Gasteiger partial charge is 0.342 e. The molecule has 2 aliphatic rings. The second-order valence-corrected chi connectivity index (χ2v) is 8.28. The van der Waals surface area contributed by atoms with Gasteiger partial charge in [0, 0.05) is 50.5 Å². The Morgan fingerprint density at radius 3 is 2.73 bits per heavy atom. The number of carbonyl (C=O) groups excluding carboxylic acids is 1. The van der Waals surface area contributed by atoms with Crippen LogP contribution in [0, 0.1) is 23.4 Å². The van der Waals surface area contributed by atoms with E-state index in [2.05, 4.69) is 21.7 Å². The summed E-state index contributed by atoms with van der Waals surface area (Å²) >= 11 is 0. The van der Waals surface area contributed by atoms with Gasteiger partial charge in [-0.2, -0.15) is 0 Å². The molecule has 6 nitrogen and oxygen atoms in total. The molecule has 162 valence electrons. The van der Waals surface area contributed by atoms with Crippen molar-refractivity contribution in [2.75, 3.05) is 13.1 Å². The van der Waals surface area contributed by atoms with Crippen LogP contribution in [0.5, 0.6) is 0 Å². The maximum atomic E-state index is 13.9. The van der Waals surface area contributed by atoms with E-state index in [1.165, 1.54) is 0 Å². The zero-order valence-corrected chi connectivity index (χ0v) is 17.0. The average molecular weight is 421 g/mol. The molecule has 1 aromatic heterocycles. The van der Waals surface area contributed by atoms with E-state index in [4.69, 9.17) is 5.73 Å². The average Bonchev–Trinajstić information content (AvgIpc) is 3.15. The standard InChI is InChI=1S/C21H26F3N5O/c1-2-19-26-27-20-4-3-12-11-28(6-5-18(12)29(19)20)21(30)9-14(25)7-13-8-16(23)17(24)10-15(13)22/h8,10,12,14,18H,2-7,9,11,25H2,1H3/t12-,14-,18-/m1/s1. The van der Waals surface area contributed by atoms with Gasteiger partial charge in [0.2, 0.25) is 5.91 Å². The number of benzene rings is 1. The summed E-state index contributed by atoms with van der Waals surface area (Å²) in [7, 11) is 0. The van der Waals surface area contributed by atoms with Gasteiger partial charge in [-0.15, -0.1) is 10.2 Å². The van der Waals surface area contributed by atoms with Gasteiger partial charge in [-0.25, -0.2) is 13.2 Å². The molecule has 0 saturated carbocycles. The number of hydrogen-bond acceptors (Lipinski definition) is 4. The molecular formula is C21H26F3N5O. The van der Waals surface area contributed by atoms with E-state index >= 15 is 0 Å². The highest BCUT2D eigenvalue weighted by Crippen LogP contribution is 2.37. The van der Waals surface area contributed by atoms with Crippen molar-refractivity contribution < 1.29 is 18.0 Å². The summed E-state index contributed by atoms with van der Waals surface area (Å²) in [6.07, 6.45) is 3.48. The van der Waals surface area contributed by atoms with Crippen LogP contribution in [0.15, 0.2) is 12.1 Å². The molecule has 0 spiro atoms. The first-order valence-corrected chi connectivity index (χ1v) is 10.5. The Balaban J connectivity index is 1.37. The normalized spacial score (nSPS) is 21.8. The van der Waals surface area contributed by atoms with Crippen LogP contribution < -0.4 is 5.73 Å². The molecule has 9 heteroatoms. The number of aromatic nitrogens is 3. The molecule has 1 saturated heterocycles. The molecule has 1 aromatic carbocycles. The maximum Gasteiger partial charge on any atom is 0.224 e. The number of nitrogens with two attached hydrogens (primary N) is 1. The van der Waals surface area contributed by atoms with Crippen LogP contribution in [0.1, 0.15) is 49.4 Å². The first-order chi connectivity index (χ1) is 14.4. The predicted octanol–water partition coefficient (Wildman–Crippen LogP) is 2.55. The third-order valence-electron chi connectivity index (χ3n) is 6.28. The van der Waals surface area contributed by atoms with Gasteiger partial charge in [0.1, 0.15) is 17.5 Å². The number of aryl methyl sites for hydroxylation is 2. The van der Waals surface area contributed by atoms with Gasteiger partial charge < -0.3 is 15.2 Å². The smallest absolute Gasteiger partial charge is 0.224 e. The lowest BCUT2D eigenvalue weighted by atomic mass is 9.84. The van der Waals surface area contributed by atoms with Crippen molar-refractivity contribution in [3.8, 4) is 0 Å². The number of halogens is 3. The molecule has 2 aromatic rings. The fourth-order valence-corrected chi connectivity index (χ4v) is 4.77. The Hall–Kier alpha value is -2.42. The van der Waals surface area contributed by atoms with Crippen molar-refractivity contribution in [2.24, 2.45) is 11.7 Å². The van der Waals surface area contributed by atoms with Gasteiger partial charge in [0.25, 0.3) is 0 Å². The second kappa shape index (κ2) is 8.37. The van der Waals surface area contributed by atoms with Crippen LogP contribution in [0.2, 0.25) is 0 Å². The minimum absolute atomic E-state index is 0.0209. The first kappa shape index (κ1) is 20.8. The molecule has 30 heavy (non-hydrogen) atoms. The lowest BCUT2D eigenvalue weighted by molar-refractivity contribution is -0.134. The molecule has 3 heterocycles. The Labute approximate surface area is 173 Å². The lowest BCUT2D eigenvalue weighted by Crippen LogP contribution is -2.47. The molecule has 0 aliphatic carbocycles. The number of carbonyl (C=O) groups is 1. The van der Waals surface area contributed by atoms with Gasteiger partial charge in [0.05, 0.1) is 0 Å². The van der Waals surface area contributed by atoms with Crippen molar-refractivity contribution >= 4 is 5.91 Å². The van der Waals surface area contributed by atoms with Crippen LogP contribution in [-0.2, 0) is 24.1 Å². The molecule has 4 rings (SSSR count). The van der Waals surface area contributed by atoms with Crippen LogP contribution in [-0.4, -0.2) is 44.7 Å². The van der Waals surface area contributed by atoms with E-state index in [1.807, 2.05) is 4.90 Å². The molecule has 1 amide bonds. The van der Waals surface area contributed by atoms with Crippen molar-refractivity contribution in [3.05, 3.63) is 46.8 Å². The maximum absolute atomic E-state index is 13.9. The summed E-state index contributed by atoms with van der Waals surface area (Å²) < 4.78 is 42.6. The summed E-state index contributed by atoms with van der Waals surface area (Å²) in [4.78, 5) is 14.6. The molecular weight excluding hydrogens is 395 g/mol. The van der Waals surface area contributed by atoms with Crippen LogP contribution in [0.4, 0.5) is 13.2 Å². The summed E-state index contributed by atoms with van der Waals surface area (Å²) in [6.45, 7) is 3.33. The van der Waals surface area contributed by atoms with Gasteiger partial charge in [-0.1, -0.05) is 6.92 Å². The number of fused-ring (bicyclic) bond motifs is 3. The molecule has 0 unspecified atom stereocenters. The molecule has 1 fully saturated rings. The van der Waals surface area contributed by atoms with Gasteiger partial charge >= 0.3 is 0 Å². The minimum atomic E-state index is -1.24. The number of amides is 1. The summed E-state index contributed by atoms with van der Waals surface area (Å²) in [6, 6.07) is 0.964. The number of piperidine rings is 1. The highest BCUT2D eigenvalue weighted by atomic mass is 19.2. The minimum Gasteiger partial charge on any atom is -0.342 e. The van der Waals surface area contributed by atoms with Crippen molar-refractivity contribution in [2.45, 2.75) is 57.5 Å². The summed E-state index contributed by atoms with van der Waals surface area (Å²) in [5.41, 5.74) is 6.02. The highest BCUT2D eigenvalue weighted by molar-refractivity contribution is 5.77. The monoisotopic (exact) mass is 421 g/mol. The van der Waals surface area contributed by atoms with E-state index < -0.39 is 23.5 Å². The lowest BCUT2D eigenvalue weighted by Gasteiger charge is -2.42. The second-order valence-electron chi connectivity index (χ2n) is 8.28. The van der Waals surface area contributed by atoms with Crippen molar-refractivity contribution in [1.82, 2.24) is 19.7 Å². The number of nitrogens with zero attached hydrogens (tertiary/aromatic N) is 4. The van der Waals surface area contributed by atoms with Crippen molar-refractivity contribution in [1.29, 1.82) is 0 Å². The Bertz CT molecular complexity index is 933. The zero-order chi connectivity index (χ0) is 21.4. The quantitative estimate of drug-likeness (QED) is 0.753. The third kappa shape index (κ3) is 3.95. The molecule has 0 radical (unpaired) electrons. The fraction of sp³-hybridized carbons (Fsp3) is 0.571. The first-order valence-electron chi connectivity index (χ1n) is 10.5. The van der Waals surface area contributed by atoms with E-state index in [0.29, 0.717) is 31.1 Å². The number of rotatable bonds is 5. The Morgan fingerprint density at radius 1 is 1.20 bits per heavy atom. The van der Waals surface area contributed by atoms with Crippen LogP contribution >= 0.6 is 0 Å². The predicted molar refractivity (Wildman–Crippen MR) is 104 cm³/mol. The molecule has 0 bridgehead atoms.